The Bertz CT molecular complexity index is 158. The molecule has 4 nitrogen and oxygen atoms in total. The van der Waals surface area contributed by atoms with E-state index in [0.29, 0.717) is 11.8 Å². The third-order valence-corrected chi connectivity index (χ3v) is 3.50. The van der Waals surface area contributed by atoms with E-state index in [1.165, 1.54) is 12.8 Å². The maximum atomic E-state index is 5.38. The lowest BCUT2D eigenvalue weighted by atomic mass is 9.78. The molecule has 0 amide bonds. The monoisotopic (exact) mass is 232 g/mol. The molecule has 0 aromatic heterocycles. The first kappa shape index (κ1) is 13.9. The predicted molar refractivity (Wildman–Crippen MR) is 61.1 cm³/mol. The maximum Gasteiger partial charge on any atom is 0.160 e. The molecule has 0 aromatic carbocycles. The van der Waals surface area contributed by atoms with E-state index >= 15 is 0 Å². The molecule has 2 atom stereocenters. The first-order valence-corrected chi connectivity index (χ1v) is 5.89. The Morgan fingerprint density at radius 1 is 0.688 bits per heavy atom. The topological polar surface area (TPSA) is 36.9 Å². The van der Waals surface area contributed by atoms with E-state index < -0.39 is 0 Å². The summed E-state index contributed by atoms with van der Waals surface area (Å²) < 4.78 is 21.5. The molecule has 96 valence electrons. The van der Waals surface area contributed by atoms with Crippen molar-refractivity contribution in [3.63, 3.8) is 0 Å². The van der Waals surface area contributed by atoms with Crippen molar-refractivity contribution in [3.05, 3.63) is 0 Å². The van der Waals surface area contributed by atoms with E-state index in [0.717, 1.165) is 12.8 Å². The van der Waals surface area contributed by atoms with Crippen molar-refractivity contribution in [1.29, 1.82) is 0 Å². The van der Waals surface area contributed by atoms with Crippen molar-refractivity contribution in [2.45, 2.75) is 38.3 Å². The number of hydrogen-bond donors (Lipinski definition) is 0. The Morgan fingerprint density at radius 2 is 1.00 bits per heavy atom. The largest absolute Gasteiger partial charge is 0.356 e. The van der Waals surface area contributed by atoms with Gasteiger partial charge in [-0.3, -0.25) is 0 Å². The summed E-state index contributed by atoms with van der Waals surface area (Å²) in [5.74, 6) is 0.710. The van der Waals surface area contributed by atoms with Crippen LogP contribution in [0.25, 0.3) is 0 Å². The van der Waals surface area contributed by atoms with Crippen LogP contribution in [0.5, 0.6) is 0 Å². The van der Waals surface area contributed by atoms with Gasteiger partial charge in [-0.05, 0) is 12.8 Å². The lowest BCUT2D eigenvalue weighted by Gasteiger charge is -2.38. The fourth-order valence-corrected chi connectivity index (χ4v) is 2.76. The molecule has 0 aliphatic heterocycles. The summed E-state index contributed by atoms with van der Waals surface area (Å²) in [5, 5.41) is 0. The van der Waals surface area contributed by atoms with Crippen LogP contribution < -0.4 is 0 Å². The van der Waals surface area contributed by atoms with Gasteiger partial charge in [-0.25, -0.2) is 0 Å². The molecular formula is C12H24O4. The van der Waals surface area contributed by atoms with Crippen molar-refractivity contribution in [2.75, 3.05) is 28.4 Å². The standard InChI is InChI=1S/C12H24O4/c1-13-11(14-2)9-7-5-6-8-10(9)12(15-3)16-4/h9-12H,5-8H2,1-4H3/t9-,10+. The summed E-state index contributed by atoms with van der Waals surface area (Å²) in [6.45, 7) is 0. The van der Waals surface area contributed by atoms with Gasteiger partial charge >= 0.3 is 0 Å². The lowest BCUT2D eigenvalue weighted by molar-refractivity contribution is -0.209. The average molecular weight is 232 g/mol. The van der Waals surface area contributed by atoms with E-state index in [4.69, 9.17) is 18.9 Å². The van der Waals surface area contributed by atoms with Gasteiger partial charge < -0.3 is 18.9 Å². The minimum absolute atomic E-state index is 0.155. The fraction of sp³-hybridized carbons (Fsp3) is 1.00. The normalized spacial score (nSPS) is 26.6. The molecule has 0 bridgehead atoms. The van der Waals surface area contributed by atoms with Crippen LogP contribution in [0.3, 0.4) is 0 Å². The second kappa shape index (κ2) is 7.22. The van der Waals surface area contributed by atoms with Crippen LogP contribution in [0.4, 0.5) is 0 Å². The summed E-state index contributed by atoms with van der Waals surface area (Å²) in [7, 11) is 6.76. The van der Waals surface area contributed by atoms with Gasteiger partial charge in [0.05, 0.1) is 0 Å². The van der Waals surface area contributed by atoms with Crippen LogP contribution in [0.2, 0.25) is 0 Å². The van der Waals surface area contributed by atoms with Gasteiger partial charge in [-0.1, -0.05) is 12.8 Å². The first-order valence-electron chi connectivity index (χ1n) is 5.89. The minimum atomic E-state index is -0.155. The maximum absolute atomic E-state index is 5.38. The zero-order valence-corrected chi connectivity index (χ0v) is 10.8. The molecule has 1 fully saturated rings. The van der Waals surface area contributed by atoms with E-state index in [1.54, 1.807) is 28.4 Å². The Balaban J connectivity index is 2.68. The number of hydrogen-bond acceptors (Lipinski definition) is 4. The highest BCUT2D eigenvalue weighted by Crippen LogP contribution is 2.36. The molecule has 1 rings (SSSR count). The molecule has 0 unspecified atom stereocenters. The Kier molecular flexibility index (Phi) is 6.28. The summed E-state index contributed by atoms with van der Waals surface area (Å²) >= 11 is 0. The fourth-order valence-electron chi connectivity index (χ4n) is 2.76. The molecule has 4 heteroatoms. The second-order valence-corrected chi connectivity index (χ2v) is 4.29. The number of rotatable bonds is 6. The third-order valence-electron chi connectivity index (χ3n) is 3.50. The van der Waals surface area contributed by atoms with E-state index in [-0.39, 0.29) is 12.6 Å². The molecule has 0 spiro atoms. The molecule has 1 aliphatic carbocycles. The highest BCUT2D eigenvalue weighted by atomic mass is 16.7. The molecule has 1 saturated carbocycles. The Morgan fingerprint density at radius 3 is 1.25 bits per heavy atom. The molecule has 0 saturated heterocycles. The van der Waals surface area contributed by atoms with Crippen molar-refractivity contribution >= 4 is 0 Å². The van der Waals surface area contributed by atoms with Gasteiger partial charge in [0.25, 0.3) is 0 Å². The van der Waals surface area contributed by atoms with E-state index in [1.807, 2.05) is 0 Å². The van der Waals surface area contributed by atoms with Crippen molar-refractivity contribution in [2.24, 2.45) is 11.8 Å². The van der Waals surface area contributed by atoms with E-state index in [9.17, 15) is 0 Å². The highest BCUT2D eigenvalue weighted by molar-refractivity contribution is 4.80. The van der Waals surface area contributed by atoms with Crippen LogP contribution in [0.15, 0.2) is 0 Å². The Hall–Kier alpha value is -0.160. The van der Waals surface area contributed by atoms with Gasteiger partial charge in [0.2, 0.25) is 0 Å². The second-order valence-electron chi connectivity index (χ2n) is 4.29. The summed E-state index contributed by atoms with van der Waals surface area (Å²) in [6, 6.07) is 0. The zero-order chi connectivity index (χ0) is 12.0. The van der Waals surface area contributed by atoms with Crippen LogP contribution in [-0.4, -0.2) is 41.0 Å². The molecule has 0 radical (unpaired) electrons. The number of ether oxygens (including phenoxy) is 4. The first-order chi connectivity index (χ1) is 7.78. The van der Waals surface area contributed by atoms with Crippen LogP contribution in [-0.2, 0) is 18.9 Å². The zero-order valence-electron chi connectivity index (χ0n) is 10.8. The molecule has 1 aliphatic rings. The molecule has 0 aromatic rings. The van der Waals surface area contributed by atoms with Gasteiger partial charge in [0, 0.05) is 40.3 Å². The van der Waals surface area contributed by atoms with Crippen molar-refractivity contribution in [3.8, 4) is 0 Å². The van der Waals surface area contributed by atoms with Crippen LogP contribution in [0.1, 0.15) is 25.7 Å². The average Bonchev–Trinajstić information content (AvgIpc) is 2.34. The summed E-state index contributed by atoms with van der Waals surface area (Å²) in [4.78, 5) is 0. The molecule has 16 heavy (non-hydrogen) atoms. The van der Waals surface area contributed by atoms with Crippen LogP contribution >= 0.6 is 0 Å². The lowest BCUT2D eigenvalue weighted by Crippen LogP contribution is -2.40. The SMILES string of the molecule is COC(OC)[C@H]1CCCC[C@H]1C(OC)OC. The molecular weight excluding hydrogens is 208 g/mol. The van der Waals surface area contributed by atoms with Crippen LogP contribution in [0, 0.1) is 11.8 Å². The molecule has 0 N–H and O–H groups in total. The summed E-state index contributed by atoms with van der Waals surface area (Å²) in [5.41, 5.74) is 0. The Labute approximate surface area is 98.2 Å². The van der Waals surface area contributed by atoms with Gasteiger partial charge in [0.15, 0.2) is 12.6 Å². The number of methoxy groups -OCH3 is 4. The van der Waals surface area contributed by atoms with Crippen molar-refractivity contribution < 1.29 is 18.9 Å². The third kappa shape index (κ3) is 3.17. The quantitative estimate of drug-likeness (QED) is 0.657. The van der Waals surface area contributed by atoms with E-state index in [2.05, 4.69) is 0 Å². The smallest absolute Gasteiger partial charge is 0.160 e. The molecule has 0 heterocycles. The van der Waals surface area contributed by atoms with Crippen molar-refractivity contribution in [1.82, 2.24) is 0 Å². The van der Waals surface area contributed by atoms with Gasteiger partial charge in [-0.15, -0.1) is 0 Å². The summed E-state index contributed by atoms with van der Waals surface area (Å²) in [6.07, 6.45) is 4.37. The minimum Gasteiger partial charge on any atom is -0.356 e. The van der Waals surface area contributed by atoms with Gasteiger partial charge in [0.1, 0.15) is 0 Å². The highest BCUT2D eigenvalue weighted by Gasteiger charge is 2.37. The van der Waals surface area contributed by atoms with Gasteiger partial charge in [-0.2, -0.15) is 0 Å². The predicted octanol–water partition coefficient (Wildman–Crippen LogP) is 2.03.